The van der Waals surface area contributed by atoms with Crippen LogP contribution in [0.3, 0.4) is 0 Å². The fourth-order valence-corrected chi connectivity index (χ4v) is 2.73. The summed E-state index contributed by atoms with van der Waals surface area (Å²) < 4.78 is 11.2. The molecule has 0 radical (unpaired) electrons. The van der Waals surface area contributed by atoms with E-state index >= 15 is 0 Å². The van der Waals surface area contributed by atoms with Crippen molar-refractivity contribution in [2.45, 2.75) is 13.8 Å². The second kappa shape index (κ2) is 7.21. The van der Waals surface area contributed by atoms with Gasteiger partial charge in [0.25, 0.3) is 0 Å². The molecule has 128 valence electrons. The van der Waals surface area contributed by atoms with Crippen LogP contribution in [-0.2, 0) is 0 Å². The first-order chi connectivity index (χ1) is 12.1. The van der Waals surface area contributed by atoms with Crippen LogP contribution in [-0.4, -0.2) is 24.2 Å². The van der Waals surface area contributed by atoms with Crippen molar-refractivity contribution in [3.63, 3.8) is 0 Å². The summed E-state index contributed by atoms with van der Waals surface area (Å²) in [6, 6.07) is 14.0. The number of ether oxygens (including phenoxy) is 2. The number of benzene rings is 2. The number of fused-ring (bicyclic) bond motifs is 1. The molecule has 0 fully saturated rings. The van der Waals surface area contributed by atoms with Gasteiger partial charge in [0, 0.05) is 22.6 Å². The molecule has 0 aliphatic carbocycles. The average Bonchev–Trinajstić information content (AvgIpc) is 2.61. The van der Waals surface area contributed by atoms with Crippen molar-refractivity contribution >= 4 is 16.9 Å². The Labute approximate surface area is 145 Å². The zero-order valence-corrected chi connectivity index (χ0v) is 14.1. The Hall–Kier alpha value is -3.08. The van der Waals surface area contributed by atoms with Gasteiger partial charge >= 0.3 is 0 Å². The Morgan fingerprint density at radius 3 is 2.52 bits per heavy atom. The molecular formula is C20H18NO4-. The van der Waals surface area contributed by atoms with Crippen LogP contribution in [0.5, 0.6) is 11.5 Å². The van der Waals surface area contributed by atoms with Crippen LogP contribution in [0.15, 0.2) is 48.5 Å². The van der Waals surface area contributed by atoms with Crippen molar-refractivity contribution in [3.8, 4) is 22.8 Å². The van der Waals surface area contributed by atoms with E-state index in [1.165, 1.54) is 6.07 Å². The van der Waals surface area contributed by atoms with Gasteiger partial charge in [0.15, 0.2) is 0 Å². The van der Waals surface area contributed by atoms with E-state index in [2.05, 4.69) is 4.98 Å². The second-order valence-electron chi connectivity index (χ2n) is 5.38. The average molecular weight is 336 g/mol. The monoisotopic (exact) mass is 336 g/mol. The predicted octanol–water partition coefficient (Wildman–Crippen LogP) is 3.06. The maximum absolute atomic E-state index is 11.6. The molecule has 25 heavy (non-hydrogen) atoms. The molecule has 0 saturated carbocycles. The second-order valence-corrected chi connectivity index (χ2v) is 5.38. The molecular weight excluding hydrogens is 318 g/mol. The summed E-state index contributed by atoms with van der Waals surface area (Å²) in [4.78, 5) is 16.2. The fraction of sp³-hybridized carbons (Fsp3) is 0.200. The van der Waals surface area contributed by atoms with Gasteiger partial charge in [-0.2, -0.15) is 0 Å². The number of hydrogen-bond acceptors (Lipinski definition) is 5. The summed E-state index contributed by atoms with van der Waals surface area (Å²) in [6.45, 7) is 4.82. The van der Waals surface area contributed by atoms with E-state index in [0.717, 1.165) is 0 Å². The molecule has 0 aliphatic heterocycles. The Bertz CT molecular complexity index is 921. The molecule has 3 aromatic rings. The van der Waals surface area contributed by atoms with Crippen LogP contribution in [0.1, 0.15) is 24.2 Å². The van der Waals surface area contributed by atoms with Crippen LogP contribution < -0.4 is 14.6 Å². The first-order valence-electron chi connectivity index (χ1n) is 8.15. The highest BCUT2D eigenvalue weighted by atomic mass is 16.5. The number of carboxylic acids is 1. The van der Waals surface area contributed by atoms with Crippen LogP contribution in [0, 0.1) is 0 Å². The van der Waals surface area contributed by atoms with Gasteiger partial charge in [-0.1, -0.05) is 18.2 Å². The van der Waals surface area contributed by atoms with Gasteiger partial charge in [-0.05, 0) is 38.1 Å². The number of carbonyl (C=O) groups excluding carboxylic acids is 1. The van der Waals surface area contributed by atoms with Crippen molar-refractivity contribution in [3.05, 3.63) is 54.1 Å². The lowest BCUT2D eigenvalue weighted by atomic mass is 10.0. The lowest BCUT2D eigenvalue weighted by molar-refractivity contribution is -0.254. The van der Waals surface area contributed by atoms with Gasteiger partial charge in [-0.25, -0.2) is 4.98 Å². The smallest absolute Gasteiger partial charge is 0.132 e. The van der Waals surface area contributed by atoms with E-state index in [9.17, 15) is 9.90 Å². The number of rotatable bonds is 6. The zero-order valence-electron chi connectivity index (χ0n) is 14.1. The van der Waals surface area contributed by atoms with Crippen molar-refractivity contribution in [2.24, 2.45) is 0 Å². The lowest BCUT2D eigenvalue weighted by Gasteiger charge is -2.15. The fourth-order valence-electron chi connectivity index (χ4n) is 2.73. The summed E-state index contributed by atoms with van der Waals surface area (Å²) in [5.41, 5.74) is 1.93. The Kier molecular flexibility index (Phi) is 4.84. The summed E-state index contributed by atoms with van der Waals surface area (Å²) in [5, 5.41) is 12.1. The number of aromatic carboxylic acids is 1. The van der Waals surface area contributed by atoms with Crippen LogP contribution in [0.25, 0.3) is 22.2 Å². The van der Waals surface area contributed by atoms with E-state index in [1.54, 1.807) is 24.3 Å². The molecule has 1 heterocycles. The predicted molar refractivity (Wildman–Crippen MR) is 93.8 cm³/mol. The summed E-state index contributed by atoms with van der Waals surface area (Å²) >= 11 is 0. The number of pyridine rings is 1. The molecule has 1 aromatic heterocycles. The topological polar surface area (TPSA) is 71.5 Å². The number of nitrogens with zero attached hydrogens (tertiary/aromatic N) is 1. The molecule has 0 unspecified atom stereocenters. The zero-order chi connectivity index (χ0) is 17.8. The maximum Gasteiger partial charge on any atom is 0.132 e. The molecule has 0 N–H and O–H groups in total. The maximum atomic E-state index is 11.6. The molecule has 0 amide bonds. The van der Waals surface area contributed by atoms with E-state index in [-0.39, 0.29) is 5.56 Å². The number of carbonyl (C=O) groups is 1. The Morgan fingerprint density at radius 2 is 1.80 bits per heavy atom. The highest BCUT2D eigenvalue weighted by Gasteiger charge is 2.13. The molecule has 3 rings (SSSR count). The number of hydrogen-bond donors (Lipinski definition) is 0. The van der Waals surface area contributed by atoms with E-state index < -0.39 is 5.97 Å². The molecule has 5 nitrogen and oxygen atoms in total. The summed E-state index contributed by atoms with van der Waals surface area (Å²) in [7, 11) is 0. The minimum Gasteiger partial charge on any atom is -0.545 e. The van der Waals surface area contributed by atoms with Crippen LogP contribution >= 0.6 is 0 Å². The molecule has 0 spiro atoms. The third-order valence-corrected chi connectivity index (χ3v) is 3.78. The highest BCUT2D eigenvalue weighted by Crippen LogP contribution is 2.34. The van der Waals surface area contributed by atoms with Crippen LogP contribution in [0.4, 0.5) is 0 Å². The van der Waals surface area contributed by atoms with Gasteiger partial charge in [-0.15, -0.1) is 0 Å². The van der Waals surface area contributed by atoms with Gasteiger partial charge in [0.05, 0.1) is 30.4 Å². The minimum atomic E-state index is -1.23. The molecule has 5 heteroatoms. The molecule has 0 aliphatic rings. The molecule has 0 saturated heterocycles. The van der Waals surface area contributed by atoms with Gasteiger partial charge in [0.1, 0.15) is 11.5 Å². The third kappa shape index (κ3) is 3.40. The van der Waals surface area contributed by atoms with Gasteiger partial charge in [0.2, 0.25) is 0 Å². The van der Waals surface area contributed by atoms with E-state index in [4.69, 9.17) is 9.47 Å². The first-order valence-corrected chi connectivity index (χ1v) is 8.15. The van der Waals surface area contributed by atoms with Crippen molar-refractivity contribution in [1.29, 1.82) is 0 Å². The van der Waals surface area contributed by atoms with Crippen molar-refractivity contribution in [1.82, 2.24) is 4.98 Å². The highest BCUT2D eigenvalue weighted by molar-refractivity contribution is 6.03. The normalized spacial score (nSPS) is 10.6. The molecule has 2 aromatic carbocycles. The molecule has 0 atom stereocenters. The summed E-state index contributed by atoms with van der Waals surface area (Å²) in [6.07, 6.45) is 0. The summed E-state index contributed by atoms with van der Waals surface area (Å²) in [5.74, 6) is 0.0555. The molecule has 0 bridgehead atoms. The third-order valence-electron chi connectivity index (χ3n) is 3.78. The first kappa shape index (κ1) is 16.8. The van der Waals surface area contributed by atoms with Crippen molar-refractivity contribution in [2.75, 3.05) is 13.2 Å². The lowest BCUT2D eigenvalue weighted by Crippen LogP contribution is -2.22. The minimum absolute atomic E-state index is 0.108. The van der Waals surface area contributed by atoms with E-state index in [1.807, 2.05) is 32.0 Å². The number of aromatic nitrogens is 1. The van der Waals surface area contributed by atoms with Gasteiger partial charge in [-0.3, -0.25) is 0 Å². The van der Waals surface area contributed by atoms with E-state index in [0.29, 0.717) is 46.9 Å². The quantitative estimate of drug-likeness (QED) is 0.692. The Morgan fingerprint density at radius 1 is 1.04 bits per heavy atom. The van der Waals surface area contributed by atoms with Crippen LogP contribution in [0.2, 0.25) is 0 Å². The standard InChI is InChI=1S/C20H19NO4/c1-3-24-13-9-10-15(19(11-13)25-4-2)18-12-16(20(22)23)14-7-5-6-8-17(14)21-18/h5-12H,3-4H2,1-2H3,(H,22,23)/p-1. The number of para-hydroxylation sites is 1. The number of carboxylic acid groups (broad SMARTS) is 1. The SMILES string of the molecule is CCOc1ccc(-c2cc(C(=O)[O-])c3ccccc3n2)c(OCC)c1. The van der Waals surface area contributed by atoms with Crippen molar-refractivity contribution < 1.29 is 19.4 Å². The van der Waals surface area contributed by atoms with Gasteiger partial charge < -0.3 is 19.4 Å². The Balaban J connectivity index is 2.20. The largest absolute Gasteiger partial charge is 0.545 e.